The van der Waals surface area contributed by atoms with Gasteiger partial charge in [0.2, 0.25) is 3.79 Å². The van der Waals surface area contributed by atoms with E-state index >= 15 is 0 Å². The lowest BCUT2D eigenvalue weighted by Crippen LogP contribution is -2.06. The molecule has 64 valence electrons. The highest BCUT2D eigenvalue weighted by Crippen LogP contribution is 2.28. The summed E-state index contributed by atoms with van der Waals surface area (Å²) < 4.78 is 2.83. The second-order valence-electron chi connectivity index (χ2n) is 1.86. The number of carbonyl (C=O) groups is 1. The van der Waals surface area contributed by atoms with E-state index in [4.69, 9.17) is 34.8 Å². The van der Waals surface area contributed by atoms with Gasteiger partial charge in [-0.15, -0.1) is 0 Å². The summed E-state index contributed by atoms with van der Waals surface area (Å²) in [5.74, 6) is -0.503. The summed E-state index contributed by atoms with van der Waals surface area (Å²) in [6.07, 6.45) is 1.20. The number of ether oxygens (including phenoxy) is 1. The molecule has 0 saturated carbocycles. The first-order valence-corrected chi connectivity index (χ1v) is 3.84. The van der Waals surface area contributed by atoms with Crippen LogP contribution >= 0.6 is 34.8 Å². The Morgan fingerprint density at radius 2 is 1.91 bits per heavy atom. The molecule has 0 spiro atoms. The Morgan fingerprint density at radius 3 is 2.18 bits per heavy atom. The van der Waals surface area contributed by atoms with Crippen molar-refractivity contribution in [2.45, 2.75) is 10.7 Å². The van der Waals surface area contributed by atoms with E-state index in [9.17, 15) is 4.79 Å². The molecule has 0 aromatic rings. The van der Waals surface area contributed by atoms with Crippen LogP contribution in [0.1, 0.15) is 6.92 Å². The predicted molar refractivity (Wildman–Crippen MR) is 46.1 cm³/mol. The first-order chi connectivity index (χ1) is 4.87. The van der Waals surface area contributed by atoms with Crippen LogP contribution in [0.3, 0.4) is 0 Å². The van der Waals surface area contributed by atoms with E-state index in [1.54, 1.807) is 0 Å². The van der Waals surface area contributed by atoms with Crippen LogP contribution in [-0.2, 0) is 9.53 Å². The van der Waals surface area contributed by atoms with Crippen LogP contribution in [0, 0.1) is 0 Å². The fourth-order valence-electron chi connectivity index (χ4n) is 0.465. The van der Waals surface area contributed by atoms with Crippen molar-refractivity contribution in [2.24, 2.45) is 0 Å². The number of allylic oxidation sites excluding steroid dienone is 1. The highest BCUT2D eigenvalue weighted by molar-refractivity contribution is 6.69. The largest absolute Gasteiger partial charge is 0.466 e. The molecule has 5 heteroatoms. The van der Waals surface area contributed by atoms with Gasteiger partial charge in [0.1, 0.15) is 0 Å². The monoisotopic (exact) mass is 216 g/mol. The molecule has 11 heavy (non-hydrogen) atoms. The minimum absolute atomic E-state index is 0.271. The molecule has 2 nitrogen and oxygen atoms in total. The lowest BCUT2D eigenvalue weighted by molar-refractivity contribution is -0.136. The van der Waals surface area contributed by atoms with E-state index in [-0.39, 0.29) is 5.57 Å². The lowest BCUT2D eigenvalue weighted by atomic mass is 10.3. The van der Waals surface area contributed by atoms with Crippen molar-refractivity contribution < 1.29 is 9.53 Å². The quantitative estimate of drug-likeness (QED) is 0.383. The van der Waals surface area contributed by atoms with Crippen LogP contribution in [0.2, 0.25) is 0 Å². The summed E-state index contributed by atoms with van der Waals surface area (Å²) in [5.41, 5.74) is 0.271. The summed E-state index contributed by atoms with van der Waals surface area (Å²) in [6.45, 7) is 1.51. The van der Waals surface area contributed by atoms with E-state index in [1.807, 2.05) is 0 Å². The number of hydrogen-bond donors (Lipinski definition) is 0. The van der Waals surface area contributed by atoms with E-state index in [0.29, 0.717) is 0 Å². The highest BCUT2D eigenvalue weighted by atomic mass is 35.6. The van der Waals surface area contributed by atoms with Crippen LogP contribution in [0.15, 0.2) is 11.6 Å². The Balaban J connectivity index is 4.34. The Morgan fingerprint density at radius 1 is 1.45 bits per heavy atom. The molecule has 0 unspecified atom stereocenters. The minimum Gasteiger partial charge on any atom is -0.466 e. The summed E-state index contributed by atoms with van der Waals surface area (Å²) in [7, 11) is 1.26. The number of rotatable bonds is 1. The lowest BCUT2D eigenvalue weighted by Gasteiger charge is -2.05. The second-order valence-corrected chi connectivity index (χ2v) is 4.23. The van der Waals surface area contributed by atoms with E-state index in [1.165, 1.54) is 20.1 Å². The predicted octanol–water partition coefficient (Wildman–Crippen LogP) is 2.48. The average molecular weight is 217 g/mol. The number of halogens is 3. The smallest absolute Gasteiger partial charge is 0.333 e. The third kappa shape index (κ3) is 5.36. The Bertz CT molecular complexity index is 181. The molecule has 0 atom stereocenters. The van der Waals surface area contributed by atoms with Gasteiger partial charge < -0.3 is 4.74 Å². The number of methoxy groups -OCH3 is 1. The van der Waals surface area contributed by atoms with Gasteiger partial charge in [-0.1, -0.05) is 34.8 Å². The summed E-state index contributed by atoms with van der Waals surface area (Å²) in [6, 6.07) is 0. The van der Waals surface area contributed by atoms with Gasteiger partial charge >= 0.3 is 5.97 Å². The molecule has 0 aliphatic rings. The van der Waals surface area contributed by atoms with Gasteiger partial charge in [-0.2, -0.15) is 0 Å². The van der Waals surface area contributed by atoms with Gasteiger partial charge in [-0.05, 0) is 13.0 Å². The van der Waals surface area contributed by atoms with Crippen molar-refractivity contribution in [3.8, 4) is 0 Å². The van der Waals surface area contributed by atoms with Crippen LogP contribution in [-0.4, -0.2) is 16.9 Å². The third-order valence-electron chi connectivity index (χ3n) is 0.888. The summed E-state index contributed by atoms with van der Waals surface area (Å²) >= 11 is 16.1. The van der Waals surface area contributed by atoms with Gasteiger partial charge in [0.05, 0.1) is 7.11 Å². The Kier molecular flexibility index (Phi) is 4.22. The molecule has 0 radical (unpaired) electrons. The van der Waals surface area contributed by atoms with Crippen molar-refractivity contribution in [3.05, 3.63) is 11.6 Å². The topological polar surface area (TPSA) is 26.3 Å². The zero-order valence-electron chi connectivity index (χ0n) is 6.03. The van der Waals surface area contributed by atoms with Crippen molar-refractivity contribution in [2.75, 3.05) is 7.11 Å². The van der Waals surface area contributed by atoms with E-state index in [2.05, 4.69) is 4.74 Å². The fourth-order valence-corrected chi connectivity index (χ4v) is 0.956. The van der Waals surface area contributed by atoms with E-state index < -0.39 is 9.76 Å². The highest BCUT2D eigenvalue weighted by Gasteiger charge is 2.18. The van der Waals surface area contributed by atoms with Crippen LogP contribution < -0.4 is 0 Å². The Labute approximate surface area is 80.1 Å². The van der Waals surface area contributed by atoms with Crippen LogP contribution in [0.25, 0.3) is 0 Å². The molecular weight excluding hydrogens is 210 g/mol. The maximum Gasteiger partial charge on any atom is 0.333 e. The number of esters is 1. The van der Waals surface area contributed by atoms with Crippen LogP contribution in [0.5, 0.6) is 0 Å². The van der Waals surface area contributed by atoms with Crippen molar-refractivity contribution in [1.82, 2.24) is 0 Å². The summed E-state index contributed by atoms with van der Waals surface area (Å²) in [5, 5.41) is 0. The van der Waals surface area contributed by atoms with Gasteiger partial charge in [0.15, 0.2) is 0 Å². The van der Waals surface area contributed by atoms with Crippen LogP contribution in [0.4, 0.5) is 0 Å². The van der Waals surface area contributed by atoms with Crippen molar-refractivity contribution in [3.63, 3.8) is 0 Å². The number of hydrogen-bond acceptors (Lipinski definition) is 2. The molecule has 0 aliphatic carbocycles. The zero-order valence-corrected chi connectivity index (χ0v) is 8.30. The Hall–Kier alpha value is 0.0800. The summed E-state index contributed by atoms with van der Waals surface area (Å²) in [4.78, 5) is 10.7. The van der Waals surface area contributed by atoms with Gasteiger partial charge in [0.25, 0.3) is 0 Å². The van der Waals surface area contributed by atoms with Crippen molar-refractivity contribution >= 4 is 40.8 Å². The average Bonchev–Trinajstić information content (AvgIpc) is 1.82. The van der Waals surface area contributed by atoms with Gasteiger partial charge in [-0.3, -0.25) is 0 Å². The number of alkyl halides is 3. The van der Waals surface area contributed by atoms with Gasteiger partial charge in [0, 0.05) is 5.57 Å². The molecule has 0 aromatic carbocycles. The van der Waals surface area contributed by atoms with E-state index in [0.717, 1.165) is 0 Å². The molecule has 0 amide bonds. The molecule has 0 aliphatic heterocycles. The molecule has 0 aromatic heterocycles. The third-order valence-corrected chi connectivity index (χ3v) is 1.21. The normalized spacial score (nSPS) is 13.0. The van der Waals surface area contributed by atoms with Crippen molar-refractivity contribution in [1.29, 1.82) is 0 Å². The minimum atomic E-state index is -1.54. The molecule has 0 bridgehead atoms. The first kappa shape index (κ1) is 11.1. The molecule has 0 fully saturated rings. The molecule has 0 rings (SSSR count). The standard InChI is InChI=1S/C6H7Cl3O2/c1-4(5(10)11-2)3-6(7,8)9/h3H,1-2H3/b4-3+. The first-order valence-electron chi connectivity index (χ1n) is 2.71. The number of carbonyl (C=O) groups excluding carboxylic acids is 1. The molecule has 0 heterocycles. The molecule has 0 saturated heterocycles. The van der Waals surface area contributed by atoms with Gasteiger partial charge in [-0.25, -0.2) is 4.79 Å². The maximum absolute atomic E-state index is 10.7. The zero-order chi connectivity index (χ0) is 9.07. The molecule has 0 N–H and O–H groups in total. The molecular formula is C6H7Cl3O2. The fraction of sp³-hybridized carbons (Fsp3) is 0.500. The maximum atomic E-state index is 10.7. The second kappa shape index (κ2) is 4.19. The SMILES string of the molecule is COC(=O)/C(C)=C/C(Cl)(Cl)Cl.